The van der Waals surface area contributed by atoms with E-state index in [9.17, 15) is 61.8 Å². The number of nitrogens with zero attached hydrogens (tertiary/aromatic N) is 4. The monoisotopic (exact) mass is 1300 g/mol. The Bertz CT molecular complexity index is 3290. The van der Waals surface area contributed by atoms with E-state index in [1.54, 1.807) is 68.9 Å². The highest BCUT2D eigenvalue weighted by Crippen LogP contribution is 2.59. The normalized spacial score (nSPS) is 18.2. The zero-order chi connectivity index (χ0) is 62.3. The number of hydrogen-bond acceptors (Lipinski definition) is 13. The zero-order valence-corrected chi connectivity index (χ0v) is 52.8. The van der Waals surface area contributed by atoms with Crippen LogP contribution in [0.1, 0.15) is 113 Å². The summed E-state index contributed by atoms with van der Waals surface area (Å²) in [5.74, 6) is -3.42. The van der Waals surface area contributed by atoms with Gasteiger partial charge in [-0.25, -0.2) is 4.98 Å². The first kappa shape index (κ1) is 66.5. The number of aliphatic hydroxyl groups excluding tert-OH is 1. The SMILES string of the molecule is Cc1ncsc1-c1ccc(CNC(=O)[C@@H]2C[C@@H](O)CN2C(=O)[C@@H](NC(=O)CCCCCCNC(=O)CO[C@@H]2C[C@@H](C(=O)N(C)c3ccc(Br)cc3)N(C(=O)[C@@H](NC(=O)c3cc4cc(C(F)(F)P(=O)(O)O)ccc4s3)C(C)(C)C)C2)C(C)(C)C)cc1. The Labute approximate surface area is 509 Å². The molecule has 2 fully saturated rings. The molecule has 7 amide bonds. The van der Waals surface area contributed by atoms with Crippen LogP contribution in [-0.2, 0) is 50.3 Å². The largest absolute Gasteiger partial charge is 0.399 e. The molecule has 0 unspecified atom stereocenters. The molecule has 7 N–H and O–H groups in total. The van der Waals surface area contributed by atoms with Crippen LogP contribution in [0.15, 0.2) is 82.8 Å². The molecule has 26 heteroatoms. The molecule has 6 atom stereocenters. The molecule has 85 heavy (non-hydrogen) atoms. The first-order valence-corrected chi connectivity index (χ1v) is 32.0. The first-order valence-electron chi connectivity index (χ1n) is 27.9. The molecular weight excluding hydrogens is 1230 g/mol. The number of likely N-dealkylation sites (tertiary alicyclic amines) is 2. The van der Waals surface area contributed by atoms with Crippen molar-refractivity contribution in [1.29, 1.82) is 0 Å². The molecule has 460 valence electrons. The maximum atomic E-state index is 14.7. The van der Waals surface area contributed by atoms with Gasteiger partial charge in [-0.15, -0.1) is 22.7 Å². The Morgan fingerprint density at radius 1 is 0.812 bits per heavy atom. The van der Waals surface area contributed by atoms with Crippen molar-refractivity contribution in [3.05, 3.63) is 104 Å². The number of β-amino-alcohol motifs (C(OH)–C–C–N with tert-alkyl or cyclic N) is 1. The molecule has 5 aromatic rings. The average Bonchev–Trinajstić information content (AvgIpc) is 2.60. The van der Waals surface area contributed by atoms with Crippen molar-refractivity contribution < 1.29 is 66.5 Å². The zero-order valence-electron chi connectivity index (χ0n) is 48.7. The van der Waals surface area contributed by atoms with Crippen LogP contribution in [0.5, 0.6) is 0 Å². The minimum Gasteiger partial charge on any atom is -0.391 e. The summed E-state index contributed by atoms with van der Waals surface area (Å²) < 4.78 is 47.9. The highest BCUT2D eigenvalue weighted by Gasteiger charge is 2.51. The number of rotatable bonds is 23. The lowest BCUT2D eigenvalue weighted by atomic mass is 9.85. The number of aryl methyl sites for hydroxylation is 1. The van der Waals surface area contributed by atoms with Crippen LogP contribution in [0.2, 0.25) is 0 Å². The van der Waals surface area contributed by atoms with Crippen LogP contribution in [0.25, 0.3) is 20.5 Å². The summed E-state index contributed by atoms with van der Waals surface area (Å²) in [7, 11) is -4.30. The number of carbonyl (C=O) groups is 7. The van der Waals surface area contributed by atoms with E-state index in [-0.39, 0.29) is 61.7 Å². The minimum atomic E-state index is -5.86. The Morgan fingerprint density at radius 3 is 2.07 bits per heavy atom. The predicted octanol–water partition coefficient (Wildman–Crippen LogP) is 7.99. The number of ether oxygens (including phenoxy) is 1. The maximum Gasteiger partial charge on any atom is 0.399 e. The predicted molar refractivity (Wildman–Crippen MR) is 324 cm³/mol. The number of carbonyl (C=O) groups excluding carboxylic acids is 7. The van der Waals surface area contributed by atoms with Crippen molar-refractivity contribution in [2.75, 3.05) is 38.2 Å². The summed E-state index contributed by atoms with van der Waals surface area (Å²) in [6.07, 6.45) is 0.907. The van der Waals surface area contributed by atoms with Crippen molar-refractivity contribution in [2.45, 2.75) is 142 Å². The molecule has 0 bridgehead atoms. The third-order valence-corrected chi connectivity index (χ3v) is 18.6. The summed E-state index contributed by atoms with van der Waals surface area (Å²) in [6, 6.07) is 14.8. The summed E-state index contributed by atoms with van der Waals surface area (Å²) in [5, 5.41) is 22.2. The number of benzene rings is 3. The van der Waals surface area contributed by atoms with Gasteiger partial charge in [-0.1, -0.05) is 101 Å². The fourth-order valence-electron chi connectivity index (χ4n) is 10.2. The van der Waals surface area contributed by atoms with Crippen molar-refractivity contribution in [2.24, 2.45) is 10.8 Å². The maximum absolute atomic E-state index is 14.7. The van der Waals surface area contributed by atoms with Crippen LogP contribution in [-0.4, -0.2) is 141 Å². The quantitative estimate of drug-likeness (QED) is 0.0242. The number of amides is 7. The van der Waals surface area contributed by atoms with Gasteiger partial charge in [0.2, 0.25) is 35.4 Å². The number of thiophene rings is 1. The number of anilines is 1. The summed E-state index contributed by atoms with van der Waals surface area (Å²) >= 11 is 5.88. The number of hydrogen-bond donors (Lipinski definition) is 7. The number of aliphatic hydroxyl groups is 1. The van der Waals surface area contributed by atoms with Crippen LogP contribution < -0.4 is 26.2 Å². The molecule has 4 heterocycles. The van der Waals surface area contributed by atoms with Gasteiger partial charge >= 0.3 is 13.3 Å². The third-order valence-electron chi connectivity index (χ3n) is 15.0. The molecule has 0 saturated carbocycles. The molecule has 20 nitrogen and oxygen atoms in total. The second kappa shape index (κ2) is 27.8. The lowest BCUT2D eigenvalue weighted by Gasteiger charge is -2.36. The molecule has 2 aromatic heterocycles. The van der Waals surface area contributed by atoms with Gasteiger partial charge in [0, 0.05) is 72.9 Å². The van der Waals surface area contributed by atoms with Gasteiger partial charge in [-0.2, -0.15) is 8.78 Å². The third kappa shape index (κ3) is 16.7. The van der Waals surface area contributed by atoms with E-state index in [2.05, 4.69) is 42.2 Å². The number of unbranched alkanes of at least 4 members (excludes halogenated alkanes) is 3. The number of fused-ring (bicyclic) bond motifs is 1. The van der Waals surface area contributed by atoms with Crippen molar-refractivity contribution >= 4 is 103 Å². The molecule has 2 aliphatic rings. The van der Waals surface area contributed by atoms with Crippen molar-refractivity contribution in [3.63, 3.8) is 0 Å². The lowest BCUT2D eigenvalue weighted by molar-refractivity contribution is -0.144. The first-order chi connectivity index (χ1) is 39.8. The molecule has 0 spiro atoms. The van der Waals surface area contributed by atoms with Crippen LogP contribution in [0.3, 0.4) is 0 Å². The van der Waals surface area contributed by atoms with Gasteiger partial charge in [0.15, 0.2) is 0 Å². The molecule has 0 aliphatic carbocycles. The number of thiazole rings is 1. The Balaban J connectivity index is 0.882. The standard InChI is InChI=1S/C59H74BrF2N8O12PS2/c1-34-49(84-33-65-34)36-16-14-35(15-17-36)29-64-52(74)43-27-41(71)30-69(43)55(77)50(57(2,3)4)66-47(72)13-11-9-10-12-24-63-48(73)32-82-42-28-44(54(76)68(8)40-21-19-39(60)20-22-40)70(31-42)56(78)51(58(5,6)7)67-53(75)46-26-37-25-38(18-23-45(37)85-46)59(61,62)83(79,80)81/h14-23,25-26,33,41-44,50-51,71H,9-13,24,27-32H2,1-8H3,(H,63,73)(H,64,74)(H,66,72)(H,67,75)(H2,79,80,81)/t41-,42-,43+,44+,50-,51-/m1/s1. The molecular formula is C59H74BrF2N8O12PS2. The number of likely N-dealkylation sites (N-methyl/N-ethyl adjacent to an activating group) is 1. The number of nitrogens with one attached hydrogen (secondary N) is 4. The lowest BCUT2D eigenvalue weighted by Crippen LogP contribution is -2.57. The average molecular weight is 1300 g/mol. The molecule has 2 aliphatic heterocycles. The van der Waals surface area contributed by atoms with E-state index in [0.29, 0.717) is 42.6 Å². The summed E-state index contributed by atoms with van der Waals surface area (Å²) in [5.41, 5.74) is -1.92. The van der Waals surface area contributed by atoms with Crippen LogP contribution in [0.4, 0.5) is 14.5 Å². The fraction of sp³-hybridized carbons (Fsp3) is 0.492. The number of aromatic nitrogens is 1. The van der Waals surface area contributed by atoms with Gasteiger partial charge in [-0.3, -0.25) is 38.1 Å². The molecule has 2 saturated heterocycles. The Morgan fingerprint density at radius 2 is 1.45 bits per heavy atom. The second-order valence-corrected chi connectivity index (χ2v) is 28.2. The van der Waals surface area contributed by atoms with Gasteiger partial charge in [0.05, 0.1) is 33.2 Å². The van der Waals surface area contributed by atoms with Gasteiger partial charge in [-0.05, 0) is 89.6 Å². The van der Waals surface area contributed by atoms with Crippen molar-refractivity contribution in [3.8, 4) is 10.4 Å². The molecule has 0 radical (unpaired) electrons. The smallest absolute Gasteiger partial charge is 0.391 e. The van der Waals surface area contributed by atoms with Gasteiger partial charge < -0.3 is 55.6 Å². The summed E-state index contributed by atoms with van der Waals surface area (Å²) in [6.45, 7) is 12.5. The van der Waals surface area contributed by atoms with E-state index in [0.717, 1.165) is 49.6 Å². The molecule has 3 aromatic carbocycles. The minimum absolute atomic E-state index is 0.0181. The number of halogens is 3. The topological polar surface area (TPSA) is 277 Å². The van der Waals surface area contributed by atoms with E-state index >= 15 is 0 Å². The van der Waals surface area contributed by atoms with E-state index in [4.69, 9.17) is 4.74 Å². The van der Waals surface area contributed by atoms with Gasteiger partial charge in [0.1, 0.15) is 30.8 Å². The summed E-state index contributed by atoms with van der Waals surface area (Å²) in [4.78, 5) is 125. The van der Waals surface area contributed by atoms with Crippen molar-refractivity contribution in [1.82, 2.24) is 36.1 Å². The van der Waals surface area contributed by atoms with Gasteiger partial charge in [0.25, 0.3) is 5.91 Å². The molecule has 7 rings (SSSR count). The Hall–Kier alpha value is -6.05. The van der Waals surface area contributed by atoms with Crippen LogP contribution >= 0.6 is 46.2 Å². The Kier molecular flexibility index (Phi) is 21.7. The number of alkyl halides is 2. The fourth-order valence-corrected chi connectivity index (χ4v) is 12.7. The second-order valence-electron chi connectivity index (χ2n) is 23.7. The van der Waals surface area contributed by atoms with E-state index in [1.807, 2.05) is 52.0 Å². The highest BCUT2D eigenvalue weighted by molar-refractivity contribution is 9.10. The van der Waals surface area contributed by atoms with E-state index in [1.165, 1.54) is 26.8 Å². The van der Waals surface area contributed by atoms with Crippen LogP contribution in [0, 0.1) is 17.8 Å². The van der Waals surface area contributed by atoms with E-state index < -0.39 is 101 Å². The highest BCUT2D eigenvalue weighted by atomic mass is 79.9.